The molecular formula is C16H32N2. The third-order valence-corrected chi connectivity index (χ3v) is 5.15. The van der Waals surface area contributed by atoms with Crippen LogP contribution in [0, 0.1) is 11.8 Å². The number of likely N-dealkylation sites (tertiary alicyclic amines) is 1. The monoisotopic (exact) mass is 252 g/mol. The van der Waals surface area contributed by atoms with Crippen molar-refractivity contribution >= 4 is 0 Å². The van der Waals surface area contributed by atoms with Gasteiger partial charge in [0.25, 0.3) is 0 Å². The maximum Gasteiger partial charge on any atom is 0.0251 e. The van der Waals surface area contributed by atoms with Crippen molar-refractivity contribution in [2.75, 3.05) is 20.1 Å². The number of hydrogen-bond acceptors (Lipinski definition) is 2. The Balaban J connectivity index is 1.96. The Morgan fingerprint density at radius 2 is 2.06 bits per heavy atom. The predicted molar refractivity (Wildman–Crippen MR) is 78.9 cm³/mol. The van der Waals surface area contributed by atoms with E-state index in [9.17, 15) is 0 Å². The standard InChI is InChI=1S/C16H32N2/c1-4-6-14-8-9-15(17-3)16(11-14)18-10-5-7-13(2)12-18/h13-17H,4-12H2,1-3H3. The van der Waals surface area contributed by atoms with Crippen LogP contribution in [-0.2, 0) is 0 Å². The van der Waals surface area contributed by atoms with E-state index in [1.165, 1.54) is 58.0 Å². The summed E-state index contributed by atoms with van der Waals surface area (Å²) >= 11 is 0. The number of nitrogens with one attached hydrogen (secondary N) is 1. The zero-order chi connectivity index (χ0) is 13.0. The molecule has 0 aromatic rings. The summed E-state index contributed by atoms with van der Waals surface area (Å²) < 4.78 is 0. The highest BCUT2D eigenvalue weighted by Gasteiger charge is 2.34. The molecule has 18 heavy (non-hydrogen) atoms. The normalized spacial score (nSPS) is 38.8. The smallest absolute Gasteiger partial charge is 0.0251 e. The SMILES string of the molecule is CCCC1CCC(NC)C(N2CCCC(C)C2)C1. The van der Waals surface area contributed by atoms with Gasteiger partial charge in [-0.15, -0.1) is 0 Å². The van der Waals surface area contributed by atoms with Crippen LogP contribution in [0.15, 0.2) is 0 Å². The summed E-state index contributed by atoms with van der Waals surface area (Å²) in [5.41, 5.74) is 0. The average molecular weight is 252 g/mol. The van der Waals surface area contributed by atoms with E-state index in [-0.39, 0.29) is 0 Å². The molecule has 2 rings (SSSR count). The van der Waals surface area contributed by atoms with Crippen molar-refractivity contribution in [2.45, 2.75) is 70.9 Å². The molecule has 2 nitrogen and oxygen atoms in total. The lowest BCUT2D eigenvalue weighted by Gasteiger charge is -2.45. The summed E-state index contributed by atoms with van der Waals surface area (Å²) in [6.45, 7) is 7.43. The van der Waals surface area contributed by atoms with Gasteiger partial charge in [0.15, 0.2) is 0 Å². The van der Waals surface area contributed by atoms with Gasteiger partial charge >= 0.3 is 0 Å². The van der Waals surface area contributed by atoms with Crippen LogP contribution >= 0.6 is 0 Å². The minimum absolute atomic E-state index is 0.739. The van der Waals surface area contributed by atoms with E-state index in [0.717, 1.165) is 23.9 Å². The maximum atomic E-state index is 3.59. The lowest BCUT2D eigenvalue weighted by atomic mass is 9.78. The fraction of sp³-hybridized carbons (Fsp3) is 1.00. The van der Waals surface area contributed by atoms with E-state index in [4.69, 9.17) is 0 Å². The van der Waals surface area contributed by atoms with Gasteiger partial charge in [-0.25, -0.2) is 0 Å². The fourth-order valence-corrected chi connectivity index (χ4v) is 4.17. The Bertz CT molecular complexity index is 241. The molecule has 4 atom stereocenters. The highest BCUT2D eigenvalue weighted by atomic mass is 15.2. The Hall–Kier alpha value is -0.0800. The van der Waals surface area contributed by atoms with Crippen LogP contribution in [0.5, 0.6) is 0 Å². The molecule has 2 heteroatoms. The van der Waals surface area contributed by atoms with Gasteiger partial charge in [0.1, 0.15) is 0 Å². The van der Waals surface area contributed by atoms with Gasteiger partial charge in [-0.3, -0.25) is 4.90 Å². The second-order valence-electron chi connectivity index (χ2n) is 6.67. The molecule has 0 aromatic heterocycles. The minimum atomic E-state index is 0.739. The van der Waals surface area contributed by atoms with Gasteiger partial charge in [-0.1, -0.05) is 26.7 Å². The van der Waals surface area contributed by atoms with Gasteiger partial charge in [-0.05, 0) is 57.5 Å². The summed E-state index contributed by atoms with van der Waals surface area (Å²) in [6, 6.07) is 1.55. The second kappa shape index (κ2) is 6.91. The van der Waals surface area contributed by atoms with Gasteiger partial charge in [0, 0.05) is 18.6 Å². The molecule has 106 valence electrons. The molecule has 0 spiro atoms. The molecule has 1 aliphatic carbocycles. The Kier molecular flexibility index (Phi) is 5.50. The largest absolute Gasteiger partial charge is 0.315 e. The molecule has 1 aliphatic heterocycles. The van der Waals surface area contributed by atoms with Crippen molar-refractivity contribution in [1.82, 2.24) is 10.2 Å². The molecule has 0 amide bonds. The van der Waals surface area contributed by atoms with Crippen molar-refractivity contribution in [3.63, 3.8) is 0 Å². The van der Waals surface area contributed by atoms with E-state index >= 15 is 0 Å². The molecule has 0 aromatic carbocycles. The van der Waals surface area contributed by atoms with Crippen LogP contribution in [-0.4, -0.2) is 37.1 Å². The number of rotatable bonds is 4. The van der Waals surface area contributed by atoms with Crippen molar-refractivity contribution in [3.8, 4) is 0 Å². The lowest BCUT2D eigenvalue weighted by Crippen LogP contribution is -2.54. The van der Waals surface area contributed by atoms with E-state index in [1.807, 2.05) is 0 Å². The highest BCUT2D eigenvalue weighted by Crippen LogP contribution is 2.32. The van der Waals surface area contributed by atoms with E-state index < -0.39 is 0 Å². The molecular weight excluding hydrogens is 220 g/mol. The molecule has 2 aliphatic rings. The number of nitrogens with zero attached hydrogens (tertiary/aromatic N) is 1. The quantitative estimate of drug-likeness (QED) is 0.826. The first-order valence-corrected chi connectivity index (χ1v) is 8.15. The molecule has 1 heterocycles. The topological polar surface area (TPSA) is 15.3 Å². The first-order valence-electron chi connectivity index (χ1n) is 8.15. The van der Waals surface area contributed by atoms with Gasteiger partial charge in [0.2, 0.25) is 0 Å². The molecule has 0 radical (unpaired) electrons. The Morgan fingerprint density at radius 1 is 1.22 bits per heavy atom. The maximum absolute atomic E-state index is 3.59. The summed E-state index contributed by atoms with van der Waals surface area (Å²) in [5, 5.41) is 3.59. The third kappa shape index (κ3) is 3.48. The first kappa shape index (κ1) is 14.3. The lowest BCUT2D eigenvalue weighted by molar-refractivity contribution is 0.0627. The van der Waals surface area contributed by atoms with E-state index in [1.54, 1.807) is 0 Å². The van der Waals surface area contributed by atoms with Gasteiger partial charge in [0.05, 0.1) is 0 Å². The minimum Gasteiger partial charge on any atom is -0.315 e. The van der Waals surface area contributed by atoms with Crippen molar-refractivity contribution in [2.24, 2.45) is 11.8 Å². The van der Waals surface area contributed by atoms with Crippen molar-refractivity contribution < 1.29 is 0 Å². The molecule has 0 bridgehead atoms. The summed E-state index contributed by atoms with van der Waals surface area (Å²) in [7, 11) is 2.16. The molecule has 1 N–H and O–H groups in total. The average Bonchev–Trinajstić information content (AvgIpc) is 2.39. The summed E-state index contributed by atoms with van der Waals surface area (Å²) in [4.78, 5) is 2.80. The Labute approximate surface area is 114 Å². The highest BCUT2D eigenvalue weighted by molar-refractivity contribution is 4.92. The van der Waals surface area contributed by atoms with Crippen LogP contribution in [0.2, 0.25) is 0 Å². The number of hydrogen-bond donors (Lipinski definition) is 1. The molecule has 1 saturated heterocycles. The van der Waals surface area contributed by atoms with E-state index in [0.29, 0.717) is 0 Å². The van der Waals surface area contributed by atoms with Gasteiger partial charge in [-0.2, -0.15) is 0 Å². The number of piperidine rings is 1. The van der Waals surface area contributed by atoms with Gasteiger partial charge < -0.3 is 5.32 Å². The second-order valence-corrected chi connectivity index (χ2v) is 6.67. The van der Waals surface area contributed by atoms with Crippen LogP contribution < -0.4 is 5.32 Å². The molecule has 4 unspecified atom stereocenters. The summed E-state index contributed by atoms with van der Waals surface area (Å²) in [6.07, 6.45) is 9.91. The third-order valence-electron chi connectivity index (χ3n) is 5.15. The zero-order valence-electron chi connectivity index (χ0n) is 12.6. The molecule has 1 saturated carbocycles. The van der Waals surface area contributed by atoms with E-state index in [2.05, 4.69) is 31.1 Å². The number of likely N-dealkylation sites (N-methyl/N-ethyl adjacent to an activating group) is 1. The molecule has 2 fully saturated rings. The fourth-order valence-electron chi connectivity index (χ4n) is 4.17. The Morgan fingerprint density at radius 3 is 2.72 bits per heavy atom. The van der Waals surface area contributed by atoms with Crippen LogP contribution in [0.1, 0.15) is 58.8 Å². The van der Waals surface area contributed by atoms with Crippen molar-refractivity contribution in [3.05, 3.63) is 0 Å². The van der Waals surface area contributed by atoms with Crippen LogP contribution in [0.3, 0.4) is 0 Å². The first-order chi connectivity index (χ1) is 8.74. The van der Waals surface area contributed by atoms with Crippen LogP contribution in [0.4, 0.5) is 0 Å². The zero-order valence-corrected chi connectivity index (χ0v) is 12.6. The van der Waals surface area contributed by atoms with Crippen molar-refractivity contribution in [1.29, 1.82) is 0 Å². The summed E-state index contributed by atoms with van der Waals surface area (Å²) in [5.74, 6) is 1.89. The van der Waals surface area contributed by atoms with Crippen LogP contribution in [0.25, 0.3) is 0 Å². The predicted octanol–water partition coefficient (Wildman–Crippen LogP) is 3.28.